The molecule has 7 heteroatoms. The maximum Gasteiger partial charge on any atom is 0.261 e. The molecule has 0 aliphatic heterocycles. The molecule has 0 aliphatic rings. The van der Waals surface area contributed by atoms with Crippen LogP contribution in [0, 0.1) is 9.39 Å². The van der Waals surface area contributed by atoms with Crippen molar-refractivity contribution in [2.24, 2.45) is 0 Å². The third-order valence-corrected chi connectivity index (χ3v) is 5.82. The second-order valence-electron chi connectivity index (χ2n) is 7.46. The largest absolute Gasteiger partial charge is 0.484 e. The summed E-state index contributed by atoms with van der Waals surface area (Å²) >= 11 is 2.19. The van der Waals surface area contributed by atoms with E-state index in [1.807, 2.05) is 49.4 Å². The number of nitrogens with zero attached hydrogens (tertiary/aromatic N) is 1. The molecule has 1 N–H and O–H groups in total. The van der Waals surface area contributed by atoms with Crippen LogP contribution in [0.1, 0.15) is 18.1 Å². The van der Waals surface area contributed by atoms with Crippen LogP contribution in [-0.4, -0.2) is 35.9 Å². The maximum atomic E-state index is 14.5. The molecule has 172 valence electrons. The summed E-state index contributed by atoms with van der Waals surface area (Å²) in [7, 11) is 0. The highest BCUT2D eigenvalue weighted by atomic mass is 127. The first-order valence-electron chi connectivity index (χ1n) is 10.7. The summed E-state index contributed by atoms with van der Waals surface area (Å²) in [5.41, 5.74) is 1.24. The molecule has 0 fully saturated rings. The Morgan fingerprint density at radius 3 is 2.33 bits per heavy atom. The van der Waals surface area contributed by atoms with Gasteiger partial charge in [-0.3, -0.25) is 9.59 Å². The van der Waals surface area contributed by atoms with Crippen LogP contribution < -0.4 is 10.1 Å². The van der Waals surface area contributed by atoms with Gasteiger partial charge in [0.25, 0.3) is 5.91 Å². The molecule has 3 rings (SSSR count). The zero-order valence-electron chi connectivity index (χ0n) is 18.3. The number of halogens is 2. The van der Waals surface area contributed by atoms with E-state index in [0.717, 1.165) is 9.13 Å². The summed E-state index contributed by atoms with van der Waals surface area (Å²) in [5.74, 6) is -0.570. The van der Waals surface area contributed by atoms with Crippen LogP contribution in [-0.2, 0) is 22.6 Å². The normalized spacial score (nSPS) is 11.5. The summed E-state index contributed by atoms with van der Waals surface area (Å²) in [5, 5.41) is 2.81. The summed E-state index contributed by atoms with van der Waals surface area (Å²) in [6, 6.07) is 22.2. The Bertz CT molecular complexity index is 1060. The van der Waals surface area contributed by atoms with Crippen molar-refractivity contribution in [3.05, 3.63) is 99.4 Å². The highest BCUT2D eigenvalue weighted by Crippen LogP contribution is 2.18. The molecular formula is C26H26FIN2O3. The third-order valence-electron chi connectivity index (χ3n) is 5.10. The highest BCUT2D eigenvalue weighted by molar-refractivity contribution is 14.1. The number of likely N-dealkylation sites (N-methyl/N-ethyl adjacent to an activating group) is 1. The number of hydrogen-bond donors (Lipinski definition) is 1. The minimum Gasteiger partial charge on any atom is -0.484 e. The molecule has 3 aromatic rings. The van der Waals surface area contributed by atoms with Gasteiger partial charge in [0.2, 0.25) is 5.91 Å². The number of benzene rings is 3. The fraction of sp³-hybridized carbons (Fsp3) is 0.231. The average molecular weight is 560 g/mol. The van der Waals surface area contributed by atoms with E-state index in [4.69, 9.17) is 4.74 Å². The second kappa shape index (κ2) is 12.3. The number of carbonyl (C=O) groups is 2. The van der Waals surface area contributed by atoms with Crippen molar-refractivity contribution in [2.45, 2.75) is 25.9 Å². The van der Waals surface area contributed by atoms with Gasteiger partial charge in [-0.25, -0.2) is 4.39 Å². The van der Waals surface area contributed by atoms with Crippen molar-refractivity contribution >= 4 is 34.4 Å². The van der Waals surface area contributed by atoms with E-state index in [0.29, 0.717) is 24.3 Å². The number of carbonyl (C=O) groups excluding carboxylic acids is 2. The van der Waals surface area contributed by atoms with Crippen LogP contribution in [0.2, 0.25) is 0 Å². The van der Waals surface area contributed by atoms with Gasteiger partial charge in [-0.1, -0.05) is 48.5 Å². The maximum absolute atomic E-state index is 14.5. The van der Waals surface area contributed by atoms with Crippen molar-refractivity contribution in [2.75, 3.05) is 13.2 Å². The molecule has 0 bridgehead atoms. The smallest absolute Gasteiger partial charge is 0.261 e. The predicted octanol–water partition coefficient (Wildman–Crippen LogP) is 4.59. The quantitative estimate of drug-likeness (QED) is 0.370. The van der Waals surface area contributed by atoms with Crippen molar-refractivity contribution in [3.63, 3.8) is 0 Å². The summed E-state index contributed by atoms with van der Waals surface area (Å²) in [6.45, 7) is 1.93. The van der Waals surface area contributed by atoms with Crippen LogP contribution in [0.15, 0.2) is 78.9 Å². The lowest BCUT2D eigenvalue weighted by atomic mass is 10.0. The lowest BCUT2D eigenvalue weighted by Crippen LogP contribution is -2.51. The van der Waals surface area contributed by atoms with Crippen LogP contribution in [0.5, 0.6) is 5.75 Å². The van der Waals surface area contributed by atoms with E-state index in [1.165, 1.54) is 11.0 Å². The lowest BCUT2D eigenvalue weighted by molar-refractivity contribution is -0.142. The first kappa shape index (κ1) is 24.7. The molecule has 0 heterocycles. The Labute approximate surface area is 207 Å². The van der Waals surface area contributed by atoms with Gasteiger partial charge in [0.1, 0.15) is 17.6 Å². The molecule has 1 atom stereocenters. The van der Waals surface area contributed by atoms with E-state index >= 15 is 0 Å². The van der Waals surface area contributed by atoms with Gasteiger partial charge >= 0.3 is 0 Å². The molecule has 0 saturated heterocycles. The van der Waals surface area contributed by atoms with Gasteiger partial charge in [-0.15, -0.1) is 0 Å². The summed E-state index contributed by atoms with van der Waals surface area (Å²) in [6.07, 6.45) is 0.302. The summed E-state index contributed by atoms with van der Waals surface area (Å²) in [4.78, 5) is 27.8. The first-order chi connectivity index (χ1) is 16.0. The van der Waals surface area contributed by atoms with E-state index in [1.54, 1.807) is 30.3 Å². The van der Waals surface area contributed by atoms with Crippen LogP contribution in [0.4, 0.5) is 4.39 Å². The van der Waals surface area contributed by atoms with Gasteiger partial charge in [0.05, 0.1) is 0 Å². The van der Waals surface area contributed by atoms with Gasteiger partial charge in [-0.2, -0.15) is 0 Å². The third kappa shape index (κ3) is 7.28. The van der Waals surface area contributed by atoms with E-state index in [-0.39, 0.29) is 19.1 Å². The molecule has 33 heavy (non-hydrogen) atoms. The molecule has 0 saturated carbocycles. The molecule has 0 aliphatic carbocycles. The number of nitrogens with one attached hydrogen (secondary N) is 1. The predicted molar refractivity (Wildman–Crippen MR) is 134 cm³/mol. The Morgan fingerprint density at radius 2 is 1.67 bits per heavy atom. The second-order valence-corrected chi connectivity index (χ2v) is 8.70. The molecule has 1 unspecified atom stereocenters. The zero-order chi connectivity index (χ0) is 23.6. The Morgan fingerprint density at radius 1 is 1.00 bits per heavy atom. The Balaban J connectivity index is 1.89. The van der Waals surface area contributed by atoms with E-state index in [2.05, 4.69) is 27.9 Å². The van der Waals surface area contributed by atoms with Gasteiger partial charge < -0.3 is 15.0 Å². The topological polar surface area (TPSA) is 58.6 Å². The fourth-order valence-electron chi connectivity index (χ4n) is 3.41. The average Bonchev–Trinajstić information content (AvgIpc) is 2.82. The first-order valence-corrected chi connectivity index (χ1v) is 11.8. The monoisotopic (exact) mass is 560 g/mol. The molecule has 0 aromatic heterocycles. The fourth-order valence-corrected chi connectivity index (χ4v) is 3.77. The molecule has 0 radical (unpaired) electrons. The van der Waals surface area contributed by atoms with Crippen LogP contribution in [0.3, 0.4) is 0 Å². The van der Waals surface area contributed by atoms with E-state index in [9.17, 15) is 14.0 Å². The molecule has 2 amide bonds. The number of rotatable bonds is 10. The van der Waals surface area contributed by atoms with Crippen LogP contribution >= 0.6 is 22.6 Å². The molecular weight excluding hydrogens is 534 g/mol. The van der Waals surface area contributed by atoms with Crippen molar-refractivity contribution in [1.82, 2.24) is 10.2 Å². The Kier molecular flexibility index (Phi) is 9.24. The number of ether oxygens (including phenoxy) is 1. The van der Waals surface area contributed by atoms with Crippen LogP contribution in [0.25, 0.3) is 0 Å². The Hall–Kier alpha value is -2.94. The number of amides is 2. The zero-order valence-corrected chi connectivity index (χ0v) is 20.5. The van der Waals surface area contributed by atoms with Gasteiger partial charge in [0, 0.05) is 28.6 Å². The SMILES string of the molecule is CCNC(=O)C(Cc1ccccc1)N(Cc1ccccc1F)C(=O)COc1ccc(I)cc1. The minimum atomic E-state index is -0.820. The highest BCUT2D eigenvalue weighted by Gasteiger charge is 2.31. The lowest BCUT2D eigenvalue weighted by Gasteiger charge is -2.31. The standard InChI is InChI=1S/C26H26FIN2O3/c1-2-29-26(32)24(16-19-8-4-3-5-9-19)30(17-20-10-6-7-11-23(20)27)25(31)18-33-22-14-12-21(28)13-15-22/h3-15,24H,2,16-18H2,1H3,(H,29,32). The van der Waals surface area contributed by atoms with Crippen molar-refractivity contribution < 1.29 is 18.7 Å². The number of hydrogen-bond acceptors (Lipinski definition) is 3. The molecule has 0 spiro atoms. The van der Waals surface area contributed by atoms with Crippen molar-refractivity contribution in [1.29, 1.82) is 0 Å². The minimum absolute atomic E-state index is 0.0454. The summed E-state index contributed by atoms with van der Waals surface area (Å²) < 4.78 is 21.2. The molecule has 3 aromatic carbocycles. The van der Waals surface area contributed by atoms with Crippen molar-refractivity contribution in [3.8, 4) is 5.75 Å². The van der Waals surface area contributed by atoms with E-state index < -0.39 is 17.8 Å². The van der Waals surface area contributed by atoms with Gasteiger partial charge in [-0.05, 0) is 65.4 Å². The molecule has 5 nitrogen and oxygen atoms in total. The van der Waals surface area contributed by atoms with Gasteiger partial charge in [0.15, 0.2) is 6.61 Å².